The number of hydrogen-bond acceptors (Lipinski definition) is 2. The van der Waals surface area contributed by atoms with Crippen molar-refractivity contribution in [3.8, 4) is 28.4 Å². The van der Waals surface area contributed by atoms with Crippen LogP contribution in [0.4, 0.5) is 26.3 Å². The first-order chi connectivity index (χ1) is 27.8. The van der Waals surface area contributed by atoms with Crippen LogP contribution in [0.2, 0.25) is 0 Å². The summed E-state index contributed by atoms with van der Waals surface area (Å²) in [6, 6.07) is 48.6. The van der Waals surface area contributed by atoms with E-state index in [0.29, 0.717) is 12.2 Å². The third-order valence-corrected chi connectivity index (χ3v) is 11.2. The van der Waals surface area contributed by atoms with Gasteiger partial charge in [-0.05, 0) is 100 Å². The molecule has 292 valence electrons. The lowest BCUT2D eigenvalue weighted by Gasteiger charge is -2.38. The molecule has 0 saturated heterocycles. The van der Waals surface area contributed by atoms with Gasteiger partial charge in [0.25, 0.3) is 0 Å². The van der Waals surface area contributed by atoms with Gasteiger partial charge >= 0.3 is 12.4 Å². The minimum atomic E-state index is -5.72. The minimum absolute atomic E-state index is 0.101. The number of alkyl halides is 6. The standard InChI is InChI=1S/C50H38F6O2/c1-33-11-17-36(18-12-33)47(45-9-5-3-7-43(45)44-8-4-6-10-46(44)47)37-19-15-35(16-20-37)31-32-57-40-27-21-38(22-28-40)48(49(51,52)53,50(54,55)56)39-23-29-42(30-24-39)58-41-25-13-34(2)14-26-41/h3-30H,31-32H2,1-2H3. The maximum atomic E-state index is 14.8. The molecule has 0 spiro atoms. The third kappa shape index (κ3) is 6.60. The van der Waals surface area contributed by atoms with Gasteiger partial charge in [0, 0.05) is 6.42 Å². The Morgan fingerprint density at radius 1 is 0.448 bits per heavy atom. The van der Waals surface area contributed by atoms with E-state index in [4.69, 9.17) is 9.47 Å². The van der Waals surface area contributed by atoms with Gasteiger partial charge in [0.15, 0.2) is 0 Å². The van der Waals surface area contributed by atoms with Gasteiger partial charge in [0.05, 0.1) is 12.0 Å². The first-order valence-electron chi connectivity index (χ1n) is 18.9. The number of hydrogen-bond donors (Lipinski definition) is 0. The average Bonchev–Trinajstić information content (AvgIpc) is 3.51. The van der Waals surface area contributed by atoms with E-state index in [0.717, 1.165) is 70.8 Å². The highest BCUT2D eigenvalue weighted by Crippen LogP contribution is 2.57. The molecule has 1 aliphatic carbocycles. The lowest BCUT2D eigenvalue weighted by molar-refractivity contribution is -0.288. The van der Waals surface area contributed by atoms with Gasteiger partial charge in [0.2, 0.25) is 5.41 Å². The number of halogens is 6. The second-order valence-corrected chi connectivity index (χ2v) is 14.7. The van der Waals surface area contributed by atoms with Crippen molar-refractivity contribution in [3.63, 3.8) is 0 Å². The molecule has 7 aromatic carbocycles. The number of benzene rings is 7. The van der Waals surface area contributed by atoms with E-state index < -0.39 is 34.3 Å². The van der Waals surface area contributed by atoms with Crippen LogP contribution in [0.5, 0.6) is 17.2 Å². The zero-order chi connectivity index (χ0) is 40.7. The Kier molecular flexibility index (Phi) is 9.92. The quantitative estimate of drug-likeness (QED) is 0.129. The van der Waals surface area contributed by atoms with Gasteiger partial charge in [-0.1, -0.05) is 145 Å². The van der Waals surface area contributed by atoms with E-state index >= 15 is 0 Å². The Hall–Kier alpha value is -6.28. The van der Waals surface area contributed by atoms with Crippen LogP contribution in [-0.2, 0) is 17.3 Å². The van der Waals surface area contributed by atoms with E-state index in [1.54, 1.807) is 24.3 Å². The normalized spacial score (nSPS) is 13.4. The van der Waals surface area contributed by atoms with Crippen molar-refractivity contribution in [1.29, 1.82) is 0 Å². The van der Waals surface area contributed by atoms with Crippen molar-refractivity contribution in [2.45, 2.75) is 43.5 Å². The van der Waals surface area contributed by atoms with Crippen LogP contribution in [0, 0.1) is 13.8 Å². The predicted molar refractivity (Wildman–Crippen MR) is 215 cm³/mol. The summed E-state index contributed by atoms with van der Waals surface area (Å²) in [6.07, 6.45) is -11.0. The van der Waals surface area contributed by atoms with Gasteiger partial charge in [-0.3, -0.25) is 0 Å². The van der Waals surface area contributed by atoms with Crippen molar-refractivity contribution in [3.05, 3.63) is 220 Å². The van der Waals surface area contributed by atoms with Gasteiger partial charge in [-0.25, -0.2) is 0 Å². The van der Waals surface area contributed by atoms with Gasteiger partial charge in [-0.15, -0.1) is 0 Å². The van der Waals surface area contributed by atoms with E-state index in [2.05, 4.69) is 91.9 Å². The van der Waals surface area contributed by atoms with Crippen LogP contribution in [-0.4, -0.2) is 19.0 Å². The molecule has 0 N–H and O–H groups in total. The highest BCUT2D eigenvalue weighted by molar-refractivity contribution is 5.86. The largest absolute Gasteiger partial charge is 0.493 e. The van der Waals surface area contributed by atoms with E-state index in [9.17, 15) is 26.3 Å². The molecule has 0 fully saturated rings. The second-order valence-electron chi connectivity index (χ2n) is 14.7. The summed E-state index contributed by atoms with van der Waals surface area (Å²) in [4.78, 5) is 0. The van der Waals surface area contributed by atoms with E-state index in [-0.39, 0.29) is 18.1 Å². The van der Waals surface area contributed by atoms with Crippen molar-refractivity contribution >= 4 is 0 Å². The molecule has 0 radical (unpaired) electrons. The number of ether oxygens (including phenoxy) is 2. The van der Waals surface area contributed by atoms with Gasteiger partial charge in [-0.2, -0.15) is 26.3 Å². The molecule has 0 aromatic heterocycles. The molecule has 0 heterocycles. The summed E-state index contributed by atoms with van der Waals surface area (Å²) in [6.45, 7) is 4.10. The zero-order valence-corrected chi connectivity index (χ0v) is 31.7. The first-order valence-corrected chi connectivity index (χ1v) is 18.9. The molecule has 8 rings (SSSR count). The maximum absolute atomic E-state index is 14.8. The highest BCUT2D eigenvalue weighted by Gasteiger charge is 2.72. The van der Waals surface area contributed by atoms with Crippen molar-refractivity contribution < 1.29 is 35.8 Å². The summed E-state index contributed by atoms with van der Waals surface area (Å²) in [5, 5.41) is 0. The van der Waals surface area contributed by atoms with Crippen LogP contribution >= 0.6 is 0 Å². The van der Waals surface area contributed by atoms with Crippen LogP contribution in [0.1, 0.15) is 50.1 Å². The third-order valence-electron chi connectivity index (χ3n) is 11.2. The Morgan fingerprint density at radius 3 is 1.31 bits per heavy atom. The Balaban J connectivity index is 1.02. The lowest BCUT2D eigenvalue weighted by Crippen LogP contribution is -2.54. The summed E-state index contributed by atoms with van der Waals surface area (Å²) in [5.41, 5.74) is 3.32. The van der Waals surface area contributed by atoms with Gasteiger partial charge < -0.3 is 9.47 Å². The van der Waals surface area contributed by atoms with E-state index in [1.807, 2.05) is 19.1 Å². The topological polar surface area (TPSA) is 18.5 Å². The summed E-state index contributed by atoms with van der Waals surface area (Å²) < 4.78 is 101. The van der Waals surface area contributed by atoms with Crippen molar-refractivity contribution in [1.82, 2.24) is 0 Å². The zero-order valence-electron chi connectivity index (χ0n) is 31.7. The molecule has 0 saturated carbocycles. The summed E-state index contributed by atoms with van der Waals surface area (Å²) in [5.74, 6) is 0.652. The maximum Gasteiger partial charge on any atom is 0.411 e. The van der Waals surface area contributed by atoms with Crippen LogP contribution < -0.4 is 9.47 Å². The fourth-order valence-corrected chi connectivity index (χ4v) is 8.33. The van der Waals surface area contributed by atoms with E-state index in [1.165, 1.54) is 27.8 Å². The molecule has 0 unspecified atom stereocenters. The van der Waals surface area contributed by atoms with Crippen molar-refractivity contribution in [2.75, 3.05) is 6.61 Å². The highest BCUT2D eigenvalue weighted by atomic mass is 19.4. The monoisotopic (exact) mass is 784 g/mol. The number of fused-ring (bicyclic) bond motifs is 3. The first kappa shape index (κ1) is 38.6. The molecule has 0 bridgehead atoms. The number of rotatable bonds is 10. The average molecular weight is 785 g/mol. The molecular weight excluding hydrogens is 747 g/mol. The summed E-state index contributed by atoms with van der Waals surface area (Å²) >= 11 is 0. The fourth-order valence-electron chi connectivity index (χ4n) is 8.33. The molecule has 2 nitrogen and oxygen atoms in total. The molecule has 58 heavy (non-hydrogen) atoms. The second kappa shape index (κ2) is 14.9. The molecule has 0 amide bonds. The lowest BCUT2D eigenvalue weighted by atomic mass is 9.67. The minimum Gasteiger partial charge on any atom is -0.493 e. The molecular formula is C50H38F6O2. The SMILES string of the molecule is Cc1ccc(Oc2ccc(C(c3ccc(OCCc4ccc(C5(c6ccc(C)cc6)c6ccccc6-c6ccccc65)cc4)cc3)(C(F)(F)F)C(F)(F)F)cc2)cc1. The fraction of sp³-hybridized carbons (Fsp3) is 0.160. The number of aryl methyl sites for hydroxylation is 2. The Labute approximate surface area is 333 Å². The predicted octanol–water partition coefficient (Wildman–Crippen LogP) is 13.5. The molecule has 7 aromatic rings. The smallest absolute Gasteiger partial charge is 0.411 e. The van der Waals surface area contributed by atoms with Crippen LogP contribution in [0.3, 0.4) is 0 Å². The Morgan fingerprint density at radius 2 is 0.845 bits per heavy atom. The molecule has 1 aliphatic rings. The molecule has 0 atom stereocenters. The molecule has 0 aliphatic heterocycles. The van der Waals surface area contributed by atoms with Crippen molar-refractivity contribution in [2.24, 2.45) is 0 Å². The van der Waals surface area contributed by atoms with Crippen LogP contribution in [0.25, 0.3) is 11.1 Å². The molecule has 8 heteroatoms. The van der Waals surface area contributed by atoms with Gasteiger partial charge in [0.1, 0.15) is 17.2 Å². The summed E-state index contributed by atoms with van der Waals surface area (Å²) in [7, 11) is 0. The van der Waals surface area contributed by atoms with Crippen LogP contribution in [0.15, 0.2) is 170 Å². The Bertz CT molecular complexity index is 2460.